The standard InChI is InChI=1S/C28H26ClN3O2S/c1-34-21-10-4-7-18(15-21)26-24-12-6-14-31(24)27-23(22-11-2-3-13-25(22)35-27)17-32(26)28(33)30-20-9-5-8-19(29)16-20/h4-10,12,14-16,26H,2-3,11,13,17H2,1H3,(H,30,33)/t26-/m1/s1. The lowest BCUT2D eigenvalue weighted by Gasteiger charge is -2.31. The van der Waals surface area contributed by atoms with E-state index in [2.05, 4.69) is 34.3 Å². The predicted molar refractivity (Wildman–Crippen MR) is 141 cm³/mol. The summed E-state index contributed by atoms with van der Waals surface area (Å²) in [6.07, 6.45) is 6.75. The highest BCUT2D eigenvalue weighted by Gasteiger charge is 2.36. The van der Waals surface area contributed by atoms with E-state index in [1.54, 1.807) is 19.2 Å². The van der Waals surface area contributed by atoms with Gasteiger partial charge in [-0.1, -0.05) is 29.8 Å². The second-order valence-corrected chi connectivity index (χ2v) is 10.6. The Morgan fingerprint density at radius 3 is 2.77 bits per heavy atom. The minimum atomic E-state index is -0.280. The highest BCUT2D eigenvalue weighted by atomic mass is 35.5. The van der Waals surface area contributed by atoms with Gasteiger partial charge in [0.2, 0.25) is 0 Å². The number of aromatic nitrogens is 1. The van der Waals surface area contributed by atoms with E-state index in [9.17, 15) is 4.79 Å². The van der Waals surface area contributed by atoms with Crippen LogP contribution >= 0.6 is 22.9 Å². The van der Waals surface area contributed by atoms with Gasteiger partial charge in [-0.3, -0.25) is 0 Å². The minimum absolute atomic E-state index is 0.156. The first-order valence-electron chi connectivity index (χ1n) is 11.9. The maximum absolute atomic E-state index is 13.9. The number of thiophene rings is 1. The van der Waals surface area contributed by atoms with E-state index in [1.165, 1.54) is 33.8 Å². The molecule has 4 aromatic rings. The van der Waals surface area contributed by atoms with Gasteiger partial charge in [-0.05, 0) is 79.3 Å². The van der Waals surface area contributed by atoms with E-state index in [1.807, 2.05) is 46.6 Å². The maximum atomic E-state index is 13.9. The Balaban J connectivity index is 1.50. The van der Waals surface area contributed by atoms with E-state index in [4.69, 9.17) is 16.3 Å². The van der Waals surface area contributed by atoms with E-state index >= 15 is 0 Å². The monoisotopic (exact) mass is 503 g/mol. The van der Waals surface area contributed by atoms with Crippen molar-refractivity contribution in [2.45, 2.75) is 38.3 Å². The van der Waals surface area contributed by atoms with Gasteiger partial charge < -0.3 is 19.5 Å². The molecule has 0 saturated carbocycles. The number of nitrogens with one attached hydrogen (secondary N) is 1. The normalized spacial score (nSPS) is 16.6. The summed E-state index contributed by atoms with van der Waals surface area (Å²) in [6.45, 7) is 0.539. The van der Waals surface area contributed by atoms with Gasteiger partial charge in [0.25, 0.3) is 0 Å². The van der Waals surface area contributed by atoms with E-state index in [-0.39, 0.29) is 12.1 Å². The summed E-state index contributed by atoms with van der Waals surface area (Å²) in [4.78, 5) is 17.4. The summed E-state index contributed by atoms with van der Waals surface area (Å²) >= 11 is 8.09. The Labute approximate surface area is 213 Å². The van der Waals surface area contributed by atoms with Gasteiger partial charge in [-0.25, -0.2) is 4.79 Å². The van der Waals surface area contributed by atoms with Crippen LogP contribution in [0.4, 0.5) is 10.5 Å². The Kier molecular flexibility index (Phi) is 5.78. The molecule has 5 nitrogen and oxygen atoms in total. The SMILES string of the molecule is COc1cccc([C@@H]2c3cccn3-c3sc4c(c3CN2C(=O)Nc2cccc(Cl)c2)CCCC4)c1. The Bertz CT molecular complexity index is 1410. The number of rotatable bonds is 3. The molecule has 2 amide bonds. The van der Waals surface area contributed by atoms with Crippen LogP contribution in [-0.4, -0.2) is 22.6 Å². The second kappa shape index (κ2) is 9.10. The fourth-order valence-electron chi connectivity index (χ4n) is 5.31. The fraction of sp³-hybridized carbons (Fsp3) is 0.250. The zero-order valence-electron chi connectivity index (χ0n) is 19.5. The van der Waals surface area contributed by atoms with Gasteiger partial charge in [0.15, 0.2) is 0 Å². The lowest BCUT2D eigenvalue weighted by molar-refractivity contribution is 0.194. The Hall–Kier alpha value is -3.22. The van der Waals surface area contributed by atoms with Crippen molar-refractivity contribution in [3.63, 3.8) is 0 Å². The molecule has 1 N–H and O–H groups in total. The molecule has 0 radical (unpaired) electrons. The van der Waals surface area contributed by atoms with Gasteiger partial charge in [0, 0.05) is 27.3 Å². The lowest BCUT2D eigenvalue weighted by atomic mass is 9.95. The number of amides is 2. The molecule has 35 heavy (non-hydrogen) atoms. The fourth-order valence-corrected chi connectivity index (χ4v) is 6.90. The summed E-state index contributed by atoms with van der Waals surface area (Å²) < 4.78 is 7.82. The first-order chi connectivity index (χ1) is 17.1. The van der Waals surface area contributed by atoms with E-state index in [0.29, 0.717) is 17.3 Å². The van der Waals surface area contributed by atoms with Crippen molar-refractivity contribution in [3.8, 4) is 10.8 Å². The molecule has 1 aliphatic heterocycles. The van der Waals surface area contributed by atoms with Crippen molar-refractivity contribution in [2.24, 2.45) is 0 Å². The molecule has 1 aliphatic carbocycles. The average molecular weight is 504 g/mol. The van der Waals surface area contributed by atoms with Crippen LogP contribution in [-0.2, 0) is 19.4 Å². The first-order valence-corrected chi connectivity index (χ1v) is 13.1. The number of carbonyl (C=O) groups is 1. The lowest BCUT2D eigenvalue weighted by Crippen LogP contribution is -2.38. The summed E-state index contributed by atoms with van der Waals surface area (Å²) in [5.74, 6) is 0.771. The van der Waals surface area contributed by atoms with Crippen molar-refractivity contribution in [1.29, 1.82) is 0 Å². The van der Waals surface area contributed by atoms with Gasteiger partial charge in [-0.15, -0.1) is 11.3 Å². The molecule has 0 bridgehead atoms. The number of benzene rings is 2. The summed E-state index contributed by atoms with van der Waals surface area (Å²) in [5, 5.41) is 4.93. The van der Waals surface area contributed by atoms with Gasteiger partial charge in [0.1, 0.15) is 10.8 Å². The minimum Gasteiger partial charge on any atom is -0.497 e. The van der Waals surface area contributed by atoms with Crippen molar-refractivity contribution >= 4 is 34.7 Å². The number of carbonyl (C=O) groups excluding carboxylic acids is 1. The number of ether oxygens (including phenoxy) is 1. The molecule has 0 saturated heterocycles. The Morgan fingerprint density at radius 1 is 1.06 bits per heavy atom. The number of halogens is 1. The Morgan fingerprint density at radius 2 is 1.91 bits per heavy atom. The summed E-state index contributed by atoms with van der Waals surface area (Å²) in [5.41, 5.74) is 5.46. The molecular weight excluding hydrogens is 478 g/mol. The van der Waals surface area contributed by atoms with E-state index < -0.39 is 0 Å². The van der Waals surface area contributed by atoms with Crippen molar-refractivity contribution < 1.29 is 9.53 Å². The summed E-state index contributed by atoms with van der Waals surface area (Å²) in [6, 6.07) is 19.1. The number of fused-ring (bicyclic) bond motifs is 5. The topological polar surface area (TPSA) is 46.5 Å². The highest BCUT2D eigenvalue weighted by molar-refractivity contribution is 7.15. The quantitative estimate of drug-likeness (QED) is 0.321. The van der Waals surface area contributed by atoms with Crippen LogP contribution in [0.3, 0.4) is 0 Å². The van der Waals surface area contributed by atoms with Crippen molar-refractivity contribution in [2.75, 3.05) is 12.4 Å². The molecule has 0 unspecified atom stereocenters. The third-order valence-corrected chi connectivity index (χ3v) is 8.49. The first kappa shape index (κ1) is 22.3. The largest absolute Gasteiger partial charge is 0.497 e. The molecule has 6 rings (SSSR count). The van der Waals surface area contributed by atoms with Crippen LogP contribution < -0.4 is 10.1 Å². The zero-order valence-corrected chi connectivity index (χ0v) is 21.0. The molecule has 2 aliphatic rings. The number of urea groups is 1. The third kappa shape index (κ3) is 4.01. The van der Waals surface area contributed by atoms with Crippen LogP contribution in [0.15, 0.2) is 66.9 Å². The second-order valence-electron chi connectivity index (χ2n) is 9.05. The van der Waals surface area contributed by atoms with Crippen molar-refractivity contribution in [3.05, 3.63) is 99.1 Å². The number of anilines is 1. The third-order valence-electron chi connectivity index (χ3n) is 6.93. The van der Waals surface area contributed by atoms with Crippen LogP contribution in [0.1, 0.15) is 46.1 Å². The van der Waals surface area contributed by atoms with E-state index in [0.717, 1.165) is 29.8 Å². The smallest absolute Gasteiger partial charge is 0.322 e. The number of hydrogen-bond donors (Lipinski definition) is 1. The summed E-state index contributed by atoms with van der Waals surface area (Å²) in [7, 11) is 1.67. The molecule has 7 heteroatoms. The van der Waals surface area contributed by atoms with Gasteiger partial charge in [0.05, 0.1) is 25.4 Å². The molecule has 2 aromatic carbocycles. The zero-order chi connectivity index (χ0) is 23.9. The van der Waals surface area contributed by atoms with Crippen LogP contribution in [0.5, 0.6) is 5.75 Å². The molecule has 0 spiro atoms. The highest BCUT2D eigenvalue weighted by Crippen LogP contribution is 2.44. The number of methoxy groups -OCH3 is 1. The molecular formula is C28H26ClN3O2S. The molecule has 2 aromatic heterocycles. The van der Waals surface area contributed by atoms with Crippen LogP contribution in [0.2, 0.25) is 5.02 Å². The number of aryl methyl sites for hydroxylation is 1. The molecule has 1 atom stereocenters. The van der Waals surface area contributed by atoms with Crippen molar-refractivity contribution in [1.82, 2.24) is 9.47 Å². The molecule has 0 fully saturated rings. The number of nitrogens with zero attached hydrogens (tertiary/aromatic N) is 2. The average Bonchev–Trinajstić information content (AvgIpc) is 3.46. The predicted octanol–water partition coefficient (Wildman–Crippen LogP) is 7.22. The van der Waals surface area contributed by atoms with Crippen LogP contribution in [0.25, 0.3) is 5.00 Å². The maximum Gasteiger partial charge on any atom is 0.322 e. The number of hydrogen-bond acceptors (Lipinski definition) is 3. The van der Waals surface area contributed by atoms with Crippen LogP contribution in [0, 0.1) is 0 Å². The van der Waals surface area contributed by atoms with Gasteiger partial charge in [-0.2, -0.15) is 0 Å². The van der Waals surface area contributed by atoms with Gasteiger partial charge >= 0.3 is 6.03 Å². The molecule has 178 valence electrons. The molecule has 3 heterocycles.